The number of nitro groups is 1. The Labute approximate surface area is 159 Å². The maximum atomic E-state index is 12.3. The van der Waals surface area contributed by atoms with Crippen molar-refractivity contribution in [2.75, 3.05) is 0 Å². The van der Waals surface area contributed by atoms with Gasteiger partial charge in [-0.3, -0.25) is 14.9 Å². The van der Waals surface area contributed by atoms with Gasteiger partial charge in [0.1, 0.15) is 5.75 Å². The molecule has 0 aliphatic carbocycles. The molecule has 0 saturated heterocycles. The molecule has 0 bridgehead atoms. The van der Waals surface area contributed by atoms with E-state index in [4.69, 9.17) is 4.74 Å². The van der Waals surface area contributed by atoms with Crippen LogP contribution in [-0.4, -0.2) is 23.1 Å². The van der Waals surface area contributed by atoms with Crippen molar-refractivity contribution >= 4 is 33.7 Å². The van der Waals surface area contributed by atoms with Gasteiger partial charge in [-0.1, -0.05) is 41.4 Å². The number of para-hydroxylation sites is 1. The topological polar surface area (TPSA) is 93.8 Å². The van der Waals surface area contributed by atoms with Crippen LogP contribution in [0.15, 0.2) is 58.1 Å². The number of ether oxygens (including phenoxy) is 1. The Balaban J connectivity index is 2.03. The van der Waals surface area contributed by atoms with Crippen molar-refractivity contribution in [3.05, 3.63) is 68.7 Å². The summed E-state index contributed by atoms with van der Waals surface area (Å²) in [5, 5.41) is 14.8. The average molecular weight is 420 g/mol. The molecule has 0 aliphatic rings. The van der Waals surface area contributed by atoms with Gasteiger partial charge in [-0.15, -0.1) is 0 Å². The number of halogens is 1. The molecule has 2 aromatic rings. The molecule has 7 nitrogen and oxygen atoms in total. The lowest BCUT2D eigenvalue weighted by Gasteiger charge is -2.16. The van der Waals surface area contributed by atoms with E-state index < -0.39 is 16.9 Å². The highest BCUT2D eigenvalue weighted by atomic mass is 79.9. The smallest absolute Gasteiger partial charge is 0.281 e. The van der Waals surface area contributed by atoms with Gasteiger partial charge in [0.2, 0.25) is 0 Å². The van der Waals surface area contributed by atoms with E-state index in [9.17, 15) is 14.9 Å². The minimum absolute atomic E-state index is 0.0817. The normalized spacial score (nSPS) is 11.9. The molecule has 0 radical (unpaired) electrons. The van der Waals surface area contributed by atoms with Crippen molar-refractivity contribution < 1.29 is 14.5 Å². The third-order valence-corrected chi connectivity index (χ3v) is 3.98. The first-order valence-electron chi connectivity index (χ1n) is 7.99. The van der Waals surface area contributed by atoms with Crippen LogP contribution in [0.5, 0.6) is 5.75 Å². The Morgan fingerprint density at radius 1 is 1.31 bits per heavy atom. The number of benzene rings is 2. The fraction of sp³-hybridized carbons (Fsp3) is 0.222. The van der Waals surface area contributed by atoms with Gasteiger partial charge < -0.3 is 4.74 Å². The highest BCUT2D eigenvalue weighted by Gasteiger charge is 2.19. The van der Waals surface area contributed by atoms with Gasteiger partial charge in [0, 0.05) is 10.5 Å². The largest absolute Gasteiger partial charge is 0.481 e. The van der Waals surface area contributed by atoms with Crippen molar-refractivity contribution in [3.63, 3.8) is 0 Å². The summed E-state index contributed by atoms with van der Waals surface area (Å²) >= 11 is 3.34. The molecular weight excluding hydrogens is 402 g/mol. The summed E-state index contributed by atoms with van der Waals surface area (Å²) in [6.07, 6.45) is 1.81. The van der Waals surface area contributed by atoms with Crippen molar-refractivity contribution in [2.45, 2.75) is 25.9 Å². The van der Waals surface area contributed by atoms with E-state index in [0.29, 0.717) is 17.7 Å². The summed E-state index contributed by atoms with van der Waals surface area (Å²) in [5.74, 6) is 0.161. The number of hydrogen-bond acceptors (Lipinski definition) is 5. The zero-order chi connectivity index (χ0) is 18.9. The molecular formula is C18H18BrN3O4. The Morgan fingerprint density at radius 3 is 2.65 bits per heavy atom. The number of nitrogens with one attached hydrogen (secondary N) is 1. The fourth-order valence-corrected chi connectivity index (χ4v) is 2.45. The zero-order valence-corrected chi connectivity index (χ0v) is 15.7. The number of hydrogen-bond donors (Lipinski definition) is 1. The van der Waals surface area contributed by atoms with Gasteiger partial charge >= 0.3 is 0 Å². The summed E-state index contributed by atoms with van der Waals surface area (Å²) in [5.41, 5.74) is 2.61. The van der Waals surface area contributed by atoms with Crippen molar-refractivity contribution in [1.82, 2.24) is 5.43 Å². The molecule has 0 heterocycles. The summed E-state index contributed by atoms with van der Waals surface area (Å²) in [4.78, 5) is 22.8. The first kappa shape index (κ1) is 19.6. The van der Waals surface area contributed by atoms with Gasteiger partial charge in [0.15, 0.2) is 6.10 Å². The Hall–Kier alpha value is -2.74. The van der Waals surface area contributed by atoms with Crippen LogP contribution >= 0.6 is 15.9 Å². The summed E-state index contributed by atoms with van der Waals surface area (Å²) in [6.45, 7) is 1.95. The molecule has 0 fully saturated rings. The van der Waals surface area contributed by atoms with E-state index >= 15 is 0 Å². The third kappa shape index (κ3) is 5.66. The van der Waals surface area contributed by atoms with Crippen molar-refractivity contribution in [3.8, 4) is 5.75 Å². The average Bonchev–Trinajstić information content (AvgIpc) is 2.63. The number of carbonyl (C=O) groups is 1. The van der Waals surface area contributed by atoms with Gasteiger partial charge in [-0.05, 0) is 36.8 Å². The predicted molar refractivity (Wildman–Crippen MR) is 102 cm³/mol. The second kappa shape index (κ2) is 9.67. The lowest BCUT2D eigenvalue weighted by Crippen LogP contribution is -2.35. The van der Waals surface area contributed by atoms with Crippen LogP contribution in [0.3, 0.4) is 0 Å². The molecule has 26 heavy (non-hydrogen) atoms. The SMILES string of the molecule is CCCC(Oc1ccc(Br)cc1)C(=O)N/N=C/c1ccccc1[N+](=O)[O-]. The molecule has 2 aromatic carbocycles. The van der Waals surface area contributed by atoms with Crippen molar-refractivity contribution in [1.29, 1.82) is 0 Å². The quantitative estimate of drug-likeness (QED) is 0.396. The van der Waals surface area contributed by atoms with E-state index in [1.807, 2.05) is 19.1 Å². The van der Waals surface area contributed by atoms with Crippen LogP contribution in [-0.2, 0) is 4.79 Å². The molecule has 1 atom stereocenters. The molecule has 2 rings (SSSR count). The summed E-state index contributed by atoms with van der Waals surface area (Å²) in [7, 11) is 0. The fourth-order valence-electron chi connectivity index (χ4n) is 2.18. The minimum atomic E-state index is -0.705. The summed E-state index contributed by atoms with van der Waals surface area (Å²) < 4.78 is 6.63. The number of carbonyl (C=O) groups excluding carboxylic acids is 1. The number of nitrogens with zero attached hydrogens (tertiary/aromatic N) is 2. The monoisotopic (exact) mass is 419 g/mol. The molecule has 0 aliphatic heterocycles. The molecule has 8 heteroatoms. The Bertz CT molecular complexity index is 793. The maximum Gasteiger partial charge on any atom is 0.281 e. The number of amides is 1. The maximum absolute atomic E-state index is 12.3. The highest BCUT2D eigenvalue weighted by molar-refractivity contribution is 9.10. The first-order chi connectivity index (χ1) is 12.5. The molecule has 0 spiro atoms. The van der Waals surface area contributed by atoms with E-state index in [2.05, 4.69) is 26.5 Å². The first-order valence-corrected chi connectivity index (χ1v) is 8.79. The molecule has 1 N–H and O–H groups in total. The van der Waals surface area contributed by atoms with E-state index in [-0.39, 0.29) is 5.69 Å². The van der Waals surface area contributed by atoms with Gasteiger partial charge in [0.25, 0.3) is 11.6 Å². The van der Waals surface area contributed by atoms with Crippen LogP contribution in [0.2, 0.25) is 0 Å². The number of nitro benzene ring substituents is 1. The molecule has 0 aromatic heterocycles. The predicted octanol–water partition coefficient (Wildman–Crippen LogP) is 4.06. The van der Waals surface area contributed by atoms with Gasteiger partial charge in [-0.2, -0.15) is 5.10 Å². The molecule has 1 amide bonds. The lowest BCUT2D eigenvalue weighted by atomic mass is 10.2. The minimum Gasteiger partial charge on any atom is -0.481 e. The highest BCUT2D eigenvalue weighted by Crippen LogP contribution is 2.19. The standard InChI is InChI=1S/C18H18BrN3O4/c1-2-5-17(26-15-10-8-14(19)9-11-15)18(23)21-20-12-13-6-3-4-7-16(13)22(24)25/h3-4,6-12,17H,2,5H2,1H3,(H,21,23)/b20-12+. The Morgan fingerprint density at radius 2 is 2.00 bits per heavy atom. The van der Waals surface area contributed by atoms with Crippen LogP contribution in [0.4, 0.5) is 5.69 Å². The lowest BCUT2D eigenvalue weighted by molar-refractivity contribution is -0.385. The van der Waals surface area contributed by atoms with Crippen LogP contribution in [0.1, 0.15) is 25.3 Å². The van der Waals surface area contributed by atoms with E-state index in [1.54, 1.807) is 30.3 Å². The molecule has 0 saturated carbocycles. The Kier molecular flexibility index (Phi) is 7.28. The van der Waals surface area contributed by atoms with E-state index in [0.717, 1.165) is 10.9 Å². The molecule has 136 valence electrons. The number of hydrazone groups is 1. The summed E-state index contributed by atoms with van der Waals surface area (Å²) in [6, 6.07) is 13.3. The second-order valence-electron chi connectivity index (χ2n) is 5.40. The van der Waals surface area contributed by atoms with Crippen LogP contribution in [0, 0.1) is 10.1 Å². The van der Waals surface area contributed by atoms with Crippen molar-refractivity contribution in [2.24, 2.45) is 5.10 Å². The number of rotatable bonds is 8. The van der Waals surface area contributed by atoms with E-state index in [1.165, 1.54) is 12.3 Å². The molecule has 1 unspecified atom stereocenters. The second-order valence-corrected chi connectivity index (χ2v) is 6.31. The third-order valence-electron chi connectivity index (χ3n) is 3.45. The van der Waals surface area contributed by atoms with Crippen LogP contribution in [0.25, 0.3) is 0 Å². The van der Waals surface area contributed by atoms with Gasteiger partial charge in [-0.25, -0.2) is 5.43 Å². The zero-order valence-electron chi connectivity index (χ0n) is 14.1. The van der Waals surface area contributed by atoms with Crippen LogP contribution < -0.4 is 10.2 Å². The van der Waals surface area contributed by atoms with Gasteiger partial charge in [0.05, 0.1) is 16.7 Å².